The number of carbonyl (C=O) groups excluding carboxylic acids is 2. The van der Waals surface area contributed by atoms with Gasteiger partial charge in [-0.2, -0.15) is 0 Å². The van der Waals surface area contributed by atoms with Crippen LogP contribution in [-0.2, 0) is 9.59 Å². The summed E-state index contributed by atoms with van der Waals surface area (Å²) in [4.78, 5) is 35.8. The summed E-state index contributed by atoms with van der Waals surface area (Å²) in [5.41, 5.74) is 2.26. The van der Waals surface area contributed by atoms with Gasteiger partial charge in [0.1, 0.15) is 5.82 Å². The molecule has 0 spiro atoms. The van der Waals surface area contributed by atoms with Crippen LogP contribution in [0.5, 0.6) is 0 Å². The van der Waals surface area contributed by atoms with Gasteiger partial charge in [-0.05, 0) is 72.7 Å². The van der Waals surface area contributed by atoms with Crippen LogP contribution in [-0.4, -0.2) is 29.4 Å². The molecule has 182 valence electrons. The van der Waals surface area contributed by atoms with Crippen LogP contribution in [0.4, 0.5) is 10.1 Å². The van der Waals surface area contributed by atoms with Crippen molar-refractivity contribution in [3.63, 3.8) is 0 Å². The maximum atomic E-state index is 14.0. The molecule has 0 radical (unpaired) electrons. The molecule has 3 aromatic carbocycles. The Morgan fingerprint density at radius 3 is 2.26 bits per heavy atom. The third-order valence-electron chi connectivity index (χ3n) is 6.73. The Kier molecular flexibility index (Phi) is 7.75. The van der Waals surface area contributed by atoms with Crippen molar-refractivity contribution >= 4 is 34.2 Å². The van der Waals surface area contributed by atoms with Gasteiger partial charge in [0.15, 0.2) is 0 Å². The number of aliphatic carboxylic acids is 1. The highest BCUT2D eigenvalue weighted by molar-refractivity contribution is 6.07. The number of halogens is 1. The Bertz CT molecular complexity index is 1220. The summed E-state index contributed by atoms with van der Waals surface area (Å²) in [7, 11) is 0. The number of anilines is 1. The first-order chi connectivity index (χ1) is 16.9. The molecular weight excluding hydrogens is 447 g/mol. The van der Waals surface area contributed by atoms with Gasteiger partial charge in [-0.25, -0.2) is 4.39 Å². The van der Waals surface area contributed by atoms with E-state index >= 15 is 0 Å². The number of benzene rings is 3. The van der Waals surface area contributed by atoms with E-state index in [-0.39, 0.29) is 42.9 Å². The SMILES string of the molecule is O=C(O)C[C@H]1CC[C@H](c2ccc(NC(=O)CCNC(=O)c3ccc(F)c4ccccc34)cc2)CC1. The van der Waals surface area contributed by atoms with Crippen LogP contribution in [0.2, 0.25) is 0 Å². The first-order valence-electron chi connectivity index (χ1n) is 12.0. The summed E-state index contributed by atoms with van der Waals surface area (Å²) >= 11 is 0. The van der Waals surface area contributed by atoms with Crippen molar-refractivity contribution in [3.8, 4) is 0 Å². The van der Waals surface area contributed by atoms with Crippen LogP contribution < -0.4 is 10.6 Å². The summed E-state index contributed by atoms with van der Waals surface area (Å²) in [5, 5.41) is 15.5. The summed E-state index contributed by atoms with van der Waals surface area (Å²) in [6.07, 6.45) is 4.17. The van der Waals surface area contributed by atoms with E-state index in [4.69, 9.17) is 5.11 Å². The minimum Gasteiger partial charge on any atom is -0.481 e. The normalized spacial score (nSPS) is 17.6. The highest BCUT2D eigenvalue weighted by Gasteiger charge is 2.24. The maximum absolute atomic E-state index is 14.0. The lowest BCUT2D eigenvalue weighted by Gasteiger charge is -2.28. The topological polar surface area (TPSA) is 95.5 Å². The van der Waals surface area contributed by atoms with Gasteiger partial charge in [-0.1, -0.05) is 36.4 Å². The molecule has 1 aliphatic rings. The van der Waals surface area contributed by atoms with Crippen LogP contribution in [0.3, 0.4) is 0 Å². The van der Waals surface area contributed by atoms with Gasteiger partial charge >= 0.3 is 5.97 Å². The van der Waals surface area contributed by atoms with Gasteiger partial charge in [-0.3, -0.25) is 14.4 Å². The Morgan fingerprint density at radius 1 is 0.886 bits per heavy atom. The number of carboxylic acid groups (broad SMARTS) is 1. The van der Waals surface area contributed by atoms with E-state index in [1.165, 1.54) is 17.7 Å². The zero-order valence-corrected chi connectivity index (χ0v) is 19.4. The fraction of sp³-hybridized carbons (Fsp3) is 0.321. The van der Waals surface area contributed by atoms with Crippen LogP contribution >= 0.6 is 0 Å². The van der Waals surface area contributed by atoms with Gasteiger partial charge in [0.25, 0.3) is 5.91 Å². The molecule has 1 saturated carbocycles. The van der Waals surface area contributed by atoms with Gasteiger partial charge < -0.3 is 15.7 Å². The average molecular weight is 477 g/mol. The number of amides is 2. The van der Waals surface area contributed by atoms with Crippen molar-refractivity contribution in [2.45, 2.75) is 44.4 Å². The Labute approximate surface area is 203 Å². The Hall–Kier alpha value is -3.74. The third-order valence-corrected chi connectivity index (χ3v) is 6.73. The second-order valence-corrected chi connectivity index (χ2v) is 9.13. The molecule has 0 atom stereocenters. The van der Waals surface area contributed by atoms with Crippen molar-refractivity contribution in [3.05, 3.63) is 77.6 Å². The first kappa shape index (κ1) is 24.4. The van der Waals surface area contributed by atoms with Crippen LogP contribution in [0.15, 0.2) is 60.7 Å². The fourth-order valence-electron chi connectivity index (χ4n) is 4.85. The number of carbonyl (C=O) groups is 3. The predicted molar refractivity (Wildman–Crippen MR) is 133 cm³/mol. The van der Waals surface area contributed by atoms with Gasteiger partial charge in [0.05, 0.1) is 0 Å². The van der Waals surface area contributed by atoms with E-state index in [0.717, 1.165) is 25.7 Å². The molecule has 1 aliphatic carbocycles. The van der Waals surface area contributed by atoms with E-state index in [1.807, 2.05) is 24.3 Å². The quantitative estimate of drug-likeness (QED) is 0.401. The van der Waals surface area contributed by atoms with Crippen LogP contribution in [0, 0.1) is 11.7 Å². The predicted octanol–water partition coefficient (Wildman–Crippen LogP) is 5.49. The van der Waals surface area contributed by atoms with Crippen molar-refractivity contribution in [1.29, 1.82) is 0 Å². The largest absolute Gasteiger partial charge is 0.481 e. The molecule has 4 rings (SSSR count). The molecule has 0 aliphatic heterocycles. The van der Waals surface area contributed by atoms with Crippen molar-refractivity contribution < 1.29 is 23.9 Å². The molecule has 7 heteroatoms. The van der Waals surface area contributed by atoms with Crippen molar-refractivity contribution in [2.75, 3.05) is 11.9 Å². The molecule has 0 bridgehead atoms. The lowest BCUT2D eigenvalue weighted by atomic mass is 9.77. The summed E-state index contributed by atoms with van der Waals surface area (Å²) in [5.74, 6) is -0.981. The molecule has 1 fully saturated rings. The highest BCUT2D eigenvalue weighted by atomic mass is 19.1. The van der Waals surface area contributed by atoms with Crippen LogP contribution in [0.25, 0.3) is 10.8 Å². The molecule has 3 aromatic rings. The van der Waals surface area contributed by atoms with Gasteiger partial charge in [0, 0.05) is 36.0 Å². The zero-order valence-electron chi connectivity index (χ0n) is 19.4. The zero-order chi connectivity index (χ0) is 24.8. The number of rotatable bonds is 8. The van der Waals surface area contributed by atoms with Crippen molar-refractivity contribution in [1.82, 2.24) is 5.32 Å². The van der Waals surface area contributed by atoms with E-state index in [1.54, 1.807) is 24.3 Å². The lowest BCUT2D eigenvalue weighted by Crippen LogP contribution is -2.27. The highest BCUT2D eigenvalue weighted by Crippen LogP contribution is 2.37. The van der Waals surface area contributed by atoms with Crippen molar-refractivity contribution in [2.24, 2.45) is 5.92 Å². The van der Waals surface area contributed by atoms with E-state index in [9.17, 15) is 18.8 Å². The second kappa shape index (κ2) is 11.1. The Morgan fingerprint density at radius 2 is 1.57 bits per heavy atom. The van der Waals surface area contributed by atoms with E-state index in [2.05, 4.69) is 10.6 Å². The summed E-state index contributed by atoms with van der Waals surface area (Å²) < 4.78 is 14.0. The summed E-state index contributed by atoms with van der Waals surface area (Å²) in [6, 6.07) is 17.3. The smallest absolute Gasteiger partial charge is 0.303 e. The first-order valence-corrected chi connectivity index (χ1v) is 12.0. The van der Waals surface area contributed by atoms with Crippen LogP contribution in [0.1, 0.15) is 60.4 Å². The molecular formula is C28H29FN2O4. The number of fused-ring (bicyclic) bond motifs is 1. The average Bonchev–Trinajstić information content (AvgIpc) is 2.85. The fourth-order valence-corrected chi connectivity index (χ4v) is 4.85. The molecule has 6 nitrogen and oxygen atoms in total. The number of hydrogen-bond acceptors (Lipinski definition) is 3. The van der Waals surface area contributed by atoms with Gasteiger partial charge in [0.2, 0.25) is 5.91 Å². The monoisotopic (exact) mass is 476 g/mol. The summed E-state index contributed by atoms with van der Waals surface area (Å²) in [6.45, 7) is 0.161. The molecule has 0 unspecified atom stereocenters. The standard InChI is InChI=1S/C28H29FN2O4/c29-25-14-13-24(22-3-1-2-4-23(22)25)28(35)30-16-15-26(32)31-21-11-9-20(10-12-21)19-7-5-18(6-8-19)17-27(33)34/h1-4,9-14,18-19H,5-8,15-17H2,(H,30,35)(H,31,32)(H,33,34)/t18-,19-. The minimum atomic E-state index is -0.725. The number of hydrogen-bond donors (Lipinski definition) is 3. The minimum absolute atomic E-state index is 0.111. The van der Waals surface area contributed by atoms with E-state index < -0.39 is 5.97 Å². The second-order valence-electron chi connectivity index (χ2n) is 9.13. The molecule has 0 aromatic heterocycles. The molecule has 35 heavy (non-hydrogen) atoms. The van der Waals surface area contributed by atoms with E-state index in [0.29, 0.717) is 27.9 Å². The number of carboxylic acids is 1. The number of nitrogens with one attached hydrogen (secondary N) is 2. The molecule has 2 amide bonds. The molecule has 0 heterocycles. The van der Waals surface area contributed by atoms with Gasteiger partial charge in [-0.15, -0.1) is 0 Å². The Balaban J connectivity index is 1.24. The maximum Gasteiger partial charge on any atom is 0.303 e. The third kappa shape index (κ3) is 6.23. The molecule has 3 N–H and O–H groups in total. The molecule has 0 saturated heterocycles. The lowest BCUT2D eigenvalue weighted by molar-refractivity contribution is -0.138.